The van der Waals surface area contributed by atoms with Gasteiger partial charge in [-0.3, -0.25) is 4.79 Å². The molecule has 5 nitrogen and oxygen atoms in total. The van der Waals surface area contributed by atoms with Gasteiger partial charge in [-0.15, -0.1) is 0 Å². The second-order valence-electron chi connectivity index (χ2n) is 4.61. The van der Waals surface area contributed by atoms with Gasteiger partial charge in [0.25, 0.3) is 5.91 Å². The lowest BCUT2D eigenvalue weighted by Gasteiger charge is -2.34. The summed E-state index contributed by atoms with van der Waals surface area (Å²) in [7, 11) is 0. The highest BCUT2D eigenvalue weighted by molar-refractivity contribution is 5.98. The molecular formula is C12H17N3O2. The Morgan fingerprint density at radius 3 is 3.12 bits per heavy atom. The van der Waals surface area contributed by atoms with E-state index in [1.807, 2.05) is 6.92 Å². The number of nitrogens with zero attached hydrogens (tertiary/aromatic N) is 1. The number of hydrogen-bond donors (Lipinski definition) is 2. The number of nitrogen functional groups attached to an aromatic ring is 1. The summed E-state index contributed by atoms with van der Waals surface area (Å²) in [5.74, 6) is 0.0638. The Hall–Kier alpha value is -1.62. The minimum Gasteiger partial charge on any atom is -0.383 e. The summed E-state index contributed by atoms with van der Waals surface area (Å²) in [6, 6.07) is 3.37. The highest BCUT2D eigenvalue weighted by atomic mass is 16.5. The van der Waals surface area contributed by atoms with Crippen LogP contribution < -0.4 is 11.1 Å². The van der Waals surface area contributed by atoms with Crippen molar-refractivity contribution in [2.45, 2.75) is 25.3 Å². The summed E-state index contributed by atoms with van der Waals surface area (Å²) < 4.78 is 5.39. The Morgan fingerprint density at radius 1 is 1.65 bits per heavy atom. The van der Waals surface area contributed by atoms with Crippen LogP contribution in [0.25, 0.3) is 0 Å². The van der Waals surface area contributed by atoms with E-state index in [0.717, 1.165) is 19.4 Å². The third-order valence-corrected chi connectivity index (χ3v) is 2.94. The summed E-state index contributed by atoms with van der Waals surface area (Å²) in [6.07, 6.45) is 3.44. The van der Waals surface area contributed by atoms with Gasteiger partial charge in [0.05, 0.1) is 17.7 Å². The number of nitrogens with two attached hydrogens (primary N) is 1. The van der Waals surface area contributed by atoms with Crippen molar-refractivity contribution in [3.05, 3.63) is 23.9 Å². The van der Waals surface area contributed by atoms with Gasteiger partial charge in [-0.05, 0) is 31.9 Å². The van der Waals surface area contributed by atoms with Crippen molar-refractivity contribution in [3.63, 3.8) is 0 Å². The molecule has 1 aromatic heterocycles. The van der Waals surface area contributed by atoms with Gasteiger partial charge >= 0.3 is 0 Å². The molecule has 1 saturated heterocycles. The first-order valence-corrected chi connectivity index (χ1v) is 5.71. The molecule has 1 aromatic rings. The van der Waals surface area contributed by atoms with Crippen molar-refractivity contribution < 1.29 is 9.53 Å². The number of rotatable bonds is 2. The molecule has 1 aliphatic heterocycles. The zero-order valence-corrected chi connectivity index (χ0v) is 9.90. The quantitative estimate of drug-likeness (QED) is 0.800. The number of carbonyl (C=O) groups is 1. The topological polar surface area (TPSA) is 77.2 Å². The van der Waals surface area contributed by atoms with Crippen LogP contribution >= 0.6 is 0 Å². The molecule has 0 spiro atoms. The maximum Gasteiger partial charge on any atom is 0.255 e. The molecule has 0 saturated carbocycles. The van der Waals surface area contributed by atoms with Crippen molar-refractivity contribution in [1.82, 2.24) is 10.3 Å². The zero-order chi connectivity index (χ0) is 12.3. The van der Waals surface area contributed by atoms with E-state index in [4.69, 9.17) is 10.5 Å². The molecule has 0 bridgehead atoms. The van der Waals surface area contributed by atoms with Gasteiger partial charge in [-0.25, -0.2) is 4.98 Å². The Balaban J connectivity index is 2.09. The van der Waals surface area contributed by atoms with E-state index in [0.29, 0.717) is 12.2 Å². The predicted octanol–water partition coefficient (Wildman–Crippen LogP) is 0.963. The van der Waals surface area contributed by atoms with Crippen molar-refractivity contribution in [3.8, 4) is 0 Å². The number of amides is 1. The number of anilines is 1. The van der Waals surface area contributed by atoms with E-state index in [1.165, 1.54) is 0 Å². The second kappa shape index (κ2) is 4.71. The molecule has 1 atom stereocenters. The Morgan fingerprint density at radius 2 is 2.47 bits per heavy atom. The number of nitrogens with one attached hydrogen (secondary N) is 1. The minimum atomic E-state index is -0.308. The number of carbonyl (C=O) groups excluding carboxylic acids is 1. The van der Waals surface area contributed by atoms with E-state index < -0.39 is 0 Å². The Kier molecular flexibility index (Phi) is 3.28. The van der Waals surface area contributed by atoms with Gasteiger partial charge in [0.15, 0.2) is 0 Å². The normalized spacial score (nSPS) is 24.3. The van der Waals surface area contributed by atoms with Crippen LogP contribution in [0.5, 0.6) is 0 Å². The predicted molar refractivity (Wildman–Crippen MR) is 64.6 cm³/mol. The SMILES string of the molecule is CC1(NC(=O)c2cccnc2N)CCCOC1. The van der Waals surface area contributed by atoms with E-state index in [1.54, 1.807) is 18.3 Å². The van der Waals surface area contributed by atoms with E-state index in [-0.39, 0.29) is 17.3 Å². The molecule has 3 N–H and O–H groups in total. The highest BCUT2D eigenvalue weighted by Crippen LogP contribution is 2.19. The first-order chi connectivity index (χ1) is 8.11. The van der Waals surface area contributed by atoms with Crippen molar-refractivity contribution in [2.75, 3.05) is 18.9 Å². The number of ether oxygens (including phenoxy) is 1. The van der Waals surface area contributed by atoms with Gasteiger partial charge in [0.2, 0.25) is 0 Å². The molecule has 2 heterocycles. The average molecular weight is 235 g/mol. The molecular weight excluding hydrogens is 218 g/mol. The van der Waals surface area contributed by atoms with Gasteiger partial charge in [0.1, 0.15) is 5.82 Å². The van der Waals surface area contributed by atoms with Crippen molar-refractivity contribution in [2.24, 2.45) is 0 Å². The molecule has 0 aliphatic carbocycles. The van der Waals surface area contributed by atoms with Gasteiger partial charge < -0.3 is 15.8 Å². The molecule has 1 amide bonds. The van der Waals surface area contributed by atoms with Crippen LogP contribution in [0.3, 0.4) is 0 Å². The number of aromatic nitrogens is 1. The molecule has 2 rings (SSSR count). The maximum atomic E-state index is 12.1. The largest absolute Gasteiger partial charge is 0.383 e. The smallest absolute Gasteiger partial charge is 0.255 e. The van der Waals surface area contributed by atoms with E-state index >= 15 is 0 Å². The fraction of sp³-hybridized carbons (Fsp3) is 0.500. The zero-order valence-electron chi connectivity index (χ0n) is 9.90. The fourth-order valence-electron chi connectivity index (χ4n) is 1.98. The third kappa shape index (κ3) is 2.74. The van der Waals surface area contributed by atoms with Gasteiger partial charge in [-0.2, -0.15) is 0 Å². The van der Waals surface area contributed by atoms with E-state index in [2.05, 4.69) is 10.3 Å². The van der Waals surface area contributed by atoms with Gasteiger partial charge in [-0.1, -0.05) is 0 Å². The molecule has 0 radical (unpaired) electrons. The van der Waals surface area contributed by atoms with Crippen LogP contribution in [0, 0.1) is 0 Å². The second-order valence-corrected chi connectivity index (χ2v) is 4.61. The lowest BCUT2D eigenvalue weighted by atomic mass is 9.94. The van der Waals surface area contributed by atoms with Crippen molar-refractivity contribution in [1.29, 1.82) is 0 Å². The third-order valence-electron chi connectivity index (χ3n) is 2.94. The summed E-state index contributed by atoms with van der Waals surface area (Å²) in [5.41, 5.74) is 5.77. The molecule has 17 heavy (non-hydrogen) atoms. The standard InChI is InChI=1S/C12H17N3O2/c1-12(5-3-7-17-8-12)15-11(16)9-4-2-6-14-10(9)13/h2,4,6H,3,5,7-8H2,1H3,(H2,13,14)(H,15,16). The van der Waals surface area contributed by atoms with Gasteiger partial charge in [0, 0.05) is 12.8 Å². The number of hydrogen-bond acceptors (Lipinski definition) is 4. The minimum absolute atomic E-state index is 0.191. The van der Waals surface area contributed by atoms with Crippen LogP contribution in [-0.2, 0) is 4.74 Å². The van der Waals surface area contributed by atoms with Crippen LogP contribution in [0.2, 0.25) is 0 Å². The highest BCUT2D eigenvalue weighted by Gasteiger charge is 2.30. The Labute approximate surface area is 100 Å². The summed E-state index contributed by atoms with van der Waals surface area (Å²) in [4.78, 5) is 16.0. The molecule has 1 unspecified atom stereocenters. The summed E-state index contributed by atoms with van der Waals surface area (Å²) in [6.45, 7) is 3.29. The lowest BCUT2D eigenvalue weighted by Crippen LogP contribution is -2.51. The van der Waals surface area contributed by atoms with Crippen LogP contribution in [0.4, 0.5) is 5.82 Å². The molecule has 5 heteroatoms. The monoisotopic (exact) mass is 235 g/mol. The molecule has 92 valence electrons. The lowest BCUT2D eigenvalue weighted by molar-refractivity contribution is 0.0273. The fourth-order valence-corrected chi connectivity index (χ4v) is 1.98. The molecule has 1 fully saturated rings. The number of pyridine rings is 1. The maximum absolute atomic E-state index is 12.1. The molecule has 1 aliphatic rings. The average Bonchev–Trinajstić information content (AvgIpc) is 2.29. The first-order valence-electron chi connectivity index (χ1n) is 5.71. The van der Waals surface area contributed by atoms with Crippen LogP contribution in [-0.4, -0.2) is 29.6 Å². The van der Waals surface area contributed by atoms with Crippen LogP contribution in [0.1, 0.15) is 30.1 Å². The van der Waals surface area contributed by atoms with Crippen LogP contribution in [0.15, 0.2) is 18.3 Å². The summed E-state index contributed by atoms with van der Waals surface area (Å²) >= 11 is 0. The molecule has 0 aromatic carbocycles. The van der Waals surface area contributed by atoms with Crippen molar-refractivity contribution >= 4 is 11.7 Å². The first kappa shape index (κ1) is 11.9. The summed E-state index contributed by atoms with van der Waals surface area (Å²) in [5, 5.41) is 2.97. The Bertz CT molecular complexity index is 414. The van der Waals surface area contributed by atoms with E-state index in [9.17, 15) is 4.79 Å².